The molecule has 0 radical (unpaired) electrons. The third-order valence-corrected chi connectivity index (χ3v) is 4.47. The number of hydrogen-bond acceptors (Lipinski definition) is 1. The van der Waals surface area contributed by atoms with Crippen molar-refractivity contribution < 1.29 is 4.79 Å². The van der Waals surface area contributed by atoms with Crippen LogP contribution < -0.4 is 5.32 Å². The Kier molecular flexibility index (Phi) is 7.17. The maximum absolute atomic E-state index is 12.2. The third-order valence-electron chi connectivity index (χ3n) is 3.77. The summed E-state index contributed by atoms with van der Waals surface area (Å²) in [4.78, 5) is 12.2. The molecule has 0 heterocycles. The highest BCUT2D eigenvalue weighted by Gasteiger charge is 2.22. The highest BCUT2D eigenvalue weighted by molar-refractivity contribution is 9.09. The Morgan fingerprint density at radius 2 is 1.71 bits per heavy atom. The first-order valence-electron chi connectivity index (χ1n) is 7.01. The number of amides is 1. The van der Waals surface area contributed by atoms with Gasteiger partial charge in [0.25, 0.3) is 0 Å². The molecule has 0 aromatic carbocycles. The van der Waals surface area contributed by atoms with E-state index in [-0.39, 0.29) is 17.9 Å². The summed E-state index contributed by atoms with van der Waals surface area (Å²) in [5.41, 5.74) is 0. The maximum Gasteiger partial charge on any atom is 0.223 e. The maximum atomic E-state index is 12.2. The first-order chi connectivity index (χ1) is 8.15. The summed E-state index contributed by atoms with van der Waals surface area (Å²) < 4.78 is 0. The van der Waals surface area contributed by atoms with Crippen LogP contribution in [0.1, 0.15) is 58.8 Å². The minimum atomic E-state index is 0.260. The summed E-state index contributed by atoms with van der Waals surface area (Å²) in [6, 6.07) is 0.271. The molecule has 100 valence electrons. The Bertz CT molecular complexity index is 222. The molecule has 1 amide bonds. The molecule has 1 saturated carbocycles. The van der Waals surface area contributed by atoms with Gasteiger partial charge in [-0.25, -0.2) is 0 Å². The van der Waals surface area contributed by atoms with Gasteiger partial charge in [0.2, 0.25) is 5.91 Å². The van der Waals surface area contributed by atoms with Crippen molar-refractivity contribution in [3.63, 3.8) is 0 Å². The van der Waals surface area contributed by atoms with Crippen LogP contribution in [-0.4, -0.2) is 17.3 Å². The SMILES string of the molecule is CC(C)C(CBr)NC(=O)C1CCCCCCC1. The number of nitrogens with one attached hydrogen (secondary N) is 1. The molecule has 1 fully saturated rings. The monoisotopic (exact) mass is 303 g/mol. The first kappa shape index (κ1) is 15.0. The lowest BCUT2D eigenvalue weighted by atomic mass is 9.90. The quantitative estimate of drug-likeness (QED) is 0.785. The lowest BCUT2D eigenvalue weighted by Crippen LogP contribution is -2.43. The van der Waals surface area contributed by atoms with Crippen LogP contribution in [-0.2, 0) is 4.79 Å². The van der Waals surface area contributed by atoms with Crippen molar-refractivity contribution in [3.8, 4) is 0 Å². The number of alkyl halides is 1. The molecule has 2 nitrogen and oxygen atoms in total. The van der Waals surface area contributed by atoms with Crippen LogP contribution in [0.5, 0.6) is 0 Å². The molecule has 1 rings (SSSR count). The van der Waals surface area contributed by atoms with Gasteiger partial charge in [0.15, 0.2) is 0 Å². The minimum absolute atomic E-state index is 0.260. The minimum Gasteiger partial charge on any atom is -0.352 e. The summed E-state index contributed by atoms with van der Waals surface area (Å²) in [6.45, 7) is 4.31. The van der Waals surface area contributed by atoms with Crippen LogP contribution in [0.15, 0.2) is 0 Å². The summed E-state index contributed by atoms with van der Waals surface area (Å²) in [6.07, 6.45) is 8.56. The molecule has 1 aliphatic rings. The van der Waals surface area contributed by atoms with E-state index in [1.54, 1.807) is 0 Å². The first-order valence-corrected chi connectivity index (χ1v) is 8.13. The van der Waals surface area contributed by atoms with Crippen LogP contribution in [0.3, 0.4) is 0 Å². The lowest BCUT2D eigenvalue weighted by Gasteiger charge is -2.25. The van der Waals surface area contributed by atoms with Gasteiger partial charge in [-0.3, -0.25) is 4.79 Å². The predicted molar refractivity (Wildman–Crippen MR) is 76.4 cm³/mol. The van der Waals surface area contributed by atoms with Crippen molar-refractivity contribution >= 4 is 21.8 Å². The molecule has 0 aromatic heterocycles. The molecule has 0 saturated heterocycles. The molecule has 1 N–H and O–H groups in total. The number of carbonyl (C=O) groups excluding carboxylic acids is 1. The molecule has 0 aliphatic heterocycles. The number of halogens is 1. The summed E-state index contributed by atoms with van der Waals surface area (Å²) >= 11 is 3.48. The fourth-order valence-corrected chi connectivity index (χ4v) is 3.31. The van der Waals surface area contributed by atoms with Gasteiger partial charge in [-0.1, -0.05) is 61.9 Å². The van der Waals surface area contributed by atoms with Crippen molar-refractivity contribution in [2.75, 3.05) is 5.33 Å². The fourth-order valence-electron chi connectivity index (χ4n) is 2.40. The zero-order chi connectivity index (χ0) is 12.7. The van der Waals surface area contributed by atoms with E-state index in [1.165, 1.54) is 32.1 Å². The van der Waals surface area contributed by atoms with Gasteiger partial charge in [-0.05, 0) is 18.8 Å². The number of rotatable bonds is 4. The molecule has 0 spiro atoms. The molecule has 1 aliphatic carbocycles. The van der Waals surface area contributed by atoms with Gasteiger partial charge in [0.1, 0.15) is 0 Å². The molecule has 3 heteroatoms. The van der Waals surface area contributed by atoms with E-state index in [9.17, 15) is 4.79 Å². The van der Waals surface area contributed by atoms with Gasteiger partial charge < -0.3 is 5.32 Å². The predicted octanol–water partition coefficient (Wildman–Crippen LogP) is 3.88. The standard InChI is InChI=1S/C14H26BrNO/c1-11(2)13(10-15)16-14(17)12-8-6-4-3-5-7-9-12/h11-13H,3-10H2,1-2H3,(H,16,17). The van der Waals surface area contributed by atoms with Crippen molar-refractivity contribution in [1.29, 1.82) is 0 Å². The second-order valence-corrected chi connectivity index (χ2v) is 6.20. The Labute approximate surface area is 114 Å². The van der Waals surface area contributed by atoms with Gasteiger partial charge >= 0.3 is 0 Å². The van der Waals surface area contributed by atoms with Gasteiger partial charge in [-0.15, -0.1) is 0 Å². The van der Waals surface area contributed by atoms with E-state index >= 15 is 0 Å². The zero-order valence-electron chi connectivity index (χ0n) is 11.2. The Balaban J connectivity index is 2.43. The van der Waals surface area contributed by atoms with E-state index in [0.29, 0.717) is 5.92 Å². The molecular formula is C14H26BrNO. The van der Waals surface area contributed by atoms with Crippen molar-refractivity contribution in [1.82, 2.24) is 5.32 Å². The van der Waals surface area contributed by atoms with Crippen LogP contribution >= 0.6 is 15.9 Å². The van der Waals surface area contributed by atoms with Crippen molar-refractivity contribution in [3.05, 3.63) is 0 Å². The Morgan fingerprint density at radius 1 is 1.18 bits per heavy atom. The fraction of sp³-hybridized carbons (Fsp3) is 0.929. The Morgan fingerprint density at radius 3 is 2.18 bits per heavy atom. The van der Waals surface area contributed by atoms with Gasteiger partial charge in [-0.2, -0.15) is 0 Å². The molecule has 0 bridgehead atoms. The van der Waals surface area contributed by atoms with E-state index in [2.05, 4.69) is 35.1 Å². The molecule has 0 aromatic rings. The normalized spacial score (nSPS) is 20.7. The molecule has 1 atom stereocenters. The summed E-state index contributed by atoms with van der Waals surface area (Å²) in [5.74, 6) is 1.03. The Hall–Kier alpha value is -0.0500. The van der Waals surface area contributed by atoms with Crippen LogP contribution in [0.2, 0.25) is 0 Å². The van der Waals surface area contributed by atoms with Gasteiger partial charge in [0, 0.05) is 17.3 Å². The second-order valence-electron chi connectivity index (χ2n) is 5.56. The highest BCUT2D eigenvalue weighted by atomic mass is 79.9. The van der Waals surface area contributed by atoms with Crippen LogP contribution in [0.4, 0.5) is 0 Å². The van der Waals surface area contributed by atoms with Gasteiger partial charge in [0.05, 0.1) is 0 Å². The van der Waals surface area contributed by atoms with E-state index in [4.69, 9.17) is 0 Å². The van der Waals surface area contributed by atoms with Crippen LogP contribution in [0, 0.1) is 11.8 Å². The van der Waals surface area contributed by atoms with Crippen molar-refractivity contribution in [2.24, 2.45) is 11.8 Å². The topological polar surface area (TPSA) is 29.1 Å². The average molecular weight is 304 g/mol. The number of carbonyl (C=O) groups is 1. The largest absolute Gasteiger partial charge is 0.352 e. The second kappa shape index (κ2) is 8.12. The lowest BCUT2D eigenvalue weighted by molar-refractivity contribution is -0.126. The smallest absolute Gasteiger partial charge is 0.223 e. The molecule has 1 unspecified atom stereocenters. The van der Waals surface area contributed by atoms with E-state index in [1.807, 2.05) is 0 Å². The van der Waals surface area contributed by atoms with E-state index in [0.717, 1.165) is 18.2 Å². The average Bonchev–Trinajstić information content (AvgIpc) is 2.24. The summed E-state index contributed by atoms with van der Waals surface area (Å²) in [5, 5.41) is 4.05. The number of hydrogen-bond donors (Lipinski definition) is 1. The highest BCUT2D eigenvalue weighted by Crippen LogP contribution is 2.22. The molecule has 17 heavy (non-hydrogen) atoms. The molecular weight excluding hydrogens is 278 g/mol. The third kappa shape index (κ3) is 5.41. The van der Waals surface area contributed by atoms with E-state index < -0.39 is 0 Å². The summed E-state index contributed by atoms with van der Waals surface area (Å²) in [7, 11) is 0. The van der Waals surface area contributed by atoms with Crippen LogP contribution in [0.25, 0.3) is 0 Å². The zero-order valence-corrected chi connectivity index (χ0v) is 12.8. The van der Waals surface area contributed by atoms with Crippen molar-refractivity contribution in [2.45, 2.75) is 64.8 Å².